The average molecular weight is 326 g/mol. The zero-order valence-electron chi connectivity index (χ0n) is 11.1. The minimum absolute atomic E-state index is 0. The molecule has 0 aliphatic rings. The molecule has 0 radical (unpaired) electrons. The van der Waals surface area contributed by atoms with Gasteiger partial charge in [0, 0.05) is 6.07 Å². The van der Waals surface area contributed by atoms with E-state index in [1.807, 2.05) is 0 Å². The topological polar surface area (TPSA) is 9.23 Å². The Labute approximate surface area is 161 Å². The van der Waals surface area contributed by atoms with Crippen molar-refractivity contribution in [3.63, 3.8) is 0 Å². The summed E-state index contributed by atoms with van der Waals surface area (Å²) in [5.41, 5.74) is -0.509. The first kappa shape index (κ1) is 18.6. The van der Waals surface area contributed by atoms with Crippen molar-refractivity contribution in [3.05, 3.63) is 59.7 Å². The molecule has 0 unspecified atom stereocenters. The van der Waals surface area contributed by atoms with Crippen molar-refractivity contribution in [2.24, 2.45) is 0 Å². The van der Waals surface area contributed by atoms with Crippen molar-refractivity contribution in [1.82, 2.24) is 0 Å². The Hall–Kier alpha value is -0.409. The molecule has 106 valence electrons. The van der Waals surface area contributed by atoms with Gasteiger partial charge in [0.15, 0.2) is 0 Å². The van der Waals surface area contributed by atoms with Crippen LogP contribution >= 0.6 is 0 Å². The number of hydrogen-bond donors (Lipinski definition) is 0. The van der Waals surface area contributed by atoms with Gasteiger partial charge in [-0.1, -0.05) is 23.7 Å². The average Bonchev–Trinajstić information content (AvgIpc) is 2.36. The molecule has 0 aromatic heterocycles. The third kappa shape index (κ3) is 5.37. The molecule has 1 nitrogen and oxygen atoms in total. The third-order valence-corrected chi connectivity index (χ3v) is 2.64. The number of benzene rings is 2. The van der Waals surface area contributed by atoms with Gasteiger partial charge >= 0.3 is 58.4 Å². The molecule has 21 heavy (non-hydrogen) atoms. The molecule has 0 amide bonds. The van der Waals surface area contributed by atoms with Crippen molar-refractivity contribution in [1.29, 1.82) is 0 Å². The maximum atomic E-state index is 13.0. The molecule has 0 aliphatic heterocycles. The van der Waals surface area contributed by atoms with Crippen molar-refractivity contribution in [2.45, 2.75) is 6.61 Å². The largest absolute Gasteiger partial charge is 1.00 e. The first-order chi connectivity index (χ1) is 9.36. The molecule has 2 aromatic rings. The van der Waals surface area contributed by atoms with Crippen LogP contribution < -0.4 is 61.6 Å². The van der Waals surface area contributed by atoms with E-state index >= 15 is 0 Å². The molecule has 0 saturated heterocycles. The van der Waals surface area contributed by atoms with Gasteiger partial charge in [-0.15, -0.1) is 0 Å². The fourth-order valence-electron chi connectivity index (χ4n) is 1.65. The number of halogens is 5. The Kier molecular flexibility index (Phi) is 6.86. The van der Waals surface area contributed by atoms with Gasteiger partial charge in [-0.3, -0.25) is 0 Å². The fourth-order valence-corrected chi connectivity index (χ4v) is 1.65. The SMILES string of the molecule is Fc1ccc(COc2cc(F)ccc2[B-](F)(F)F)cc1.[K+]. The summed E-state index contributed by atoms with van der Waals surface area (Å²) in [5, 5.41) is 0. The summed E-state index contributed by atoms with van der Waals surface area (Å²) in [6.07, 6.45) is 0. The fraction of sp³-hybridized carbons (Fsp3) is 0.0769. The normalized spacial score (nSPS) is 10.9. The van der Waals surface area contributed by atoms with Gasteiger partial charge < -0.3 is 17.7 Å². The second kappa shape index (κ2) is 7.73. The van der Waals surface area contributed by atoms with E-state index < -0.39 is 29.8 Å². The molecular formula is C13H9BF5KO. The van der Waals surface area contributed by atoms with Gasteiger partial charge in [0.2, 0.25) is 0 Å². The summed E-state index contributed by atoms with van der Waals surface area (Å²) in [5.74, 6) is -1.84. The quantitative estimate of drug-likeness (QED) is 0.591. The monoisotopic (exact) mass is 326 g/mol. The molecule has 2 rings (SSSR count). The van der Waals surface area contributed by atoms with E-state index in [1.54, 1.807) is 0 Å². The second-order valence-corrected chi connectivity index (χ2v) is 4.17. The summed E-state index contributed by atoms with van der Waals surface area (Å²) in [6, 6.07) is 7.16. The summed E-state index contributed by atoms with van der Waals surface area (Å²) in [4.78, 5) is 0. The van der Waals surface area contributed by atoms with Gasteiger partial charge in [-0.2, -0.15) is 0 Å². The molecule has 0 saturated carbocycles. The van der Waals surface area contributed by atoms with Gasteiger partial charge in [0.1, 0.15) is 18.2 Å². The molecule has 0 heterocycles. The van der Waals surface area contributed by atoms with Crippen molar-refractivity contribution in [2.75, 3.05) is 0 Å². The zero-order chi connectivity index (χ0) is 14.8. The van der Waals surface area contributed by atoms with Gasteiger partial charge in [-0.05, 0) is 23.8 Å². The van der Waals surface area contributed by atoms with Crippen LogP contribution in [-0.4, -0.2) is 6.98 Å². The molecule has 0 bridgehead atoms. The van der Waals surface area contributed by atoms with E-state index in [0.717, 1.165) is 6.07 Å². The molecule has 0 atom stereocenters. The van der Waals surface area contributed by atoms with Crippen LogP contribution in [-0.2, 0) is 6.61 Å². The molecule has 2 aromatic carbocycles. The van der Waals surface area contributed by atoms with Crippen LogP contribution in [0.2, 0.25) is 0 Å². The predicted octanol–water partition coefficient (Wildman–Crippen LogP) is 0.602. The zero-order valence-corrected chi connectivity index (χ0v) is 14.2. The van der Waals surface area contributed by atoms with Crippen LogP contribution in [0.3, 0.4) is 0 Å². The number of hydrogen-bond acceptors (Lipinski definition) is 1. The standard InChI is InChI=1S/C13H9BF5O.K/c15-10-3-1-9(2-4-10)8-20-13-7-11(16)5-6-12(13)14(17,18)19;/h1-7H,8H2;/q-1;+1. The molecule has 0 spiro atoms. The summed E-state index contributed by atoms with van der Waals surface area (Å²) in [7, 11) is 0. The van der Waals surface area contributed by atoms with E-state index in [0.29, 0.717) is 17.7 Å². The molecule has 0 fully saturated rings. The molecular weight excluding hydrogens is 317 g/mol. The van der Waals surface area contributed by atoms with Gasteiger partial charge in [0.25, 0.3) is 0 Å². The smallest absolute Gasteiger partial charge is 0.492 e. The van der Waals surface area contributed by atoms with E-state index in [2.05, 4.69) is 0 Å². The first-order valence-electron chi connectivity index (χ1n) is 5.73. The van der Waals surface area contributed by atoms with Gasteiger partial charge in [0.05, 0.1) is 5.75 Å². The van der Waals surface area contributed by atoms with E-state index in [4.69, 9.17) is 4.74 Å². The Morgan fingerprint density at radius 3 is 2.00 bits per heavy atom. The minimum Gasteiger partial charge on any atom is -0.492 e. The summed E-state index contributed by atoms with van der Waals surface area (Å²) >= 11 is 0. The van der Waals surface area contributed by atoms with Crippen LogP contribution in [0, 0.1) is 11.6 Å². The maximum absolute atomic E-state index is 13.0. The molecule has 8 heteroatoms. The van der Waals surface area contributed by atoms with Crippen molar-refractivity contribution in [3.8, 4) is 5.75 Å². The number of rotatable bonds is 4. The third-order valence-electron chi connectivity index (χ3n) is 2.64. The summed E-state index contributed by atoms with van der Waals surface area (Å²) in [6.45, 7) is -5.50. The van der Waals surface area contributed by atoms with Crippen LogP contribution in [0.25, 0.3) is 0 Å². The second-order valence-electron chi connectivity index (χ2n) is 4.17. The van der Waals surface area contributed by atoms with Crippen molar-refractivity contribution < 1.29 is 77.8 Å². The minimum atomic E-state index is -5.29. The van der Waals surface area contributed by atoms with Crippen LogP contribution in [0.4, 0.5) is 21.7 Å². The Morgan fingerprint density at radius 2 is 1.43 bits per heavy atom. The van der Waals surface area contributed by atoms with E-state index in [9.17, 15) is 21.7 Å². The summed E-state index contributed by atoms with van der Waals surface area (Å²) < 4.78 is 69.0. The van der Waals surface area contributed by atoms with Crippen molar-refractivity contribution >= 4 is 12.4 Å². The number of ether oxygens (including phenoxy) is 1. The van der Waals surface area contributed by atoms with Crippen LogP contribution in [0.1, 0.15) is 5.56 Å². The Morgan fingerprint density at radius 1 is 0.857 bits per heavy atom. The predicted molar refractivity (Wildman–Crippen MR) is 65.8 cm³/mol. The van der Waals surface area contributed by atoms with Crippen LogP contribution in [0.15, 0.2) is 42.5 Å². The van der Waals surface area contributed by atoms with E-state index in [-0.39, 0.29) is 58.0 Å². The Bertz CT molecular complexity index is 601. The van der Waals surface area contributed by atoms with E-state index in [1.165, 1.54) is 24.3 Å². The first-order valence-corrected chi connectivity index (χ1v) is 5.73. The van der Waals surface area contributed by atoms with Gasteiger partial charge in [-0.25, -0.2) is 8.78 Å². The molecule has 0 N–H and O–H groups in total. The maximum Gasteiger partial charge on any atom is 1.00 e. The molecule has 0 aliphatic carbocycles. The Balaban J connectivity index is 0.00000220. The van der Waals surface area contributed by atoms with Crippen LogP contribution in [0.5, 0.6) is 5.75 Å².